The van der Waals surface area contributed by atoms with E-state index in [1.165, 1.54) is 30.3 Å². The number of benzene rings is 1. The second kappa shape index (κ2) is 9.06. The van der Waals surface area contributed by atoms with Crippen molar-refractivity contribution < 1.29 is 18.0 Å². The zero-order chi connectivity index (χ0) is 17.3. The smallest absolute Gasteiger partial charge is 0.251 e. The second-order valence-electron chi connectivity index (χ2n) is 4.70. The molecule has 0 radical (unpaired) electrons. The third-order valence-electron chi connectivity index (χ3n) is 2.83. The Morgan fingerprint density at radius 3 is 2.39 bits per heavy atom. The lowest BCUT2D eigenvalue weighted by Crippen LogP contribution is -2.37. The summed E-state index contributed by atoms with van der Waals surface area (Å²) in [5, 5.41) is 5.11. The van der Waals surface area contributed by atoms with Gasteiger partial charge in [-0.3, -0.25) is 9.59 Å². The molecule has 0 spiro atoms. The van der Waals surface area contributed by atoms with Crippen LogP contribution >= 0.6 is 0 Å². The van der Waals surface area contributed by atoms with Crippen molar-refractivity contribution in [2.24, 2.45) is 0 Å². The number of sulfonamides is 1. The van der Waals surface area contributed by atoms with Gasteiger partial charge in [0.1, 0.15) is 0 Å². The normalized spacial score (nSPS) is 10.8. The largest absolute Gasteiger partial charge is 0.355 e. The average molecular weight is 339 g/mol. The molecule has 0 unspecified atom stereocenters. The zero-order valence-electron chi connectivity index (χ0n) is 13.0. The first kappa shape index (κ1) is 18.9. The molecule has 1 aromatic rings. The van der Waals surface area contributed by atoms with Gasteiger partial charge in [-0.1, -0.05) is 13.0 Å². The maximum Gasteiger partial charge on any atom is 0.251 e. The summed E-state index contributed by atoms with van der Waals surface area (Å²) in [5.74, 6) is -0.715. The van der Waals surface area contributed by atoms with Crippen molar-refractivity contribution in [2.45, 2.75) is 18.2 Å². The highest BCUT2D eigenvalue weighted by Crippen LogP contribution is 2.10. The van der Waals surface area contributed by atoms with Crippen molar-refractivity contribution in [1.82, 2.24) is 15.4 Å². The van der Waals surface area contributed by atoms with Gasteiger partial charge in [-0.25, -0.2) is 13.1 Å². The molecule has 3 N–H and O–H groups in total. The number of carbonyl (C=O) groups is 2. The van der Waals surface area contributed by atoms with E-state index in [1.54, 1.807) is 0 Å². The Labute approximate surface area is 136 Å². The molecule has 0 aliphatic heterocycles. The molecule has 126 valence electrons. The van der Waals surface area contributed by atoms with E-state index in [0.29, 0.717) is 6.54 Å². The van der Waals surface area contributed by atoms with E-state index in [9.17, 15) is 18.0 Å². The predicted molar refractivity (Wildman–Crippen MR) is 87.5 cm³/mol. The van der Waals surface area contributed by atoms with Crippen LogP contribution in [0.2, 0.25) is 0 Å². The highest BCUT2D eigenvalue weighted by Gasteiger charge is 2.14. The monoisotopic (exact) mass is 339 g/mol. The molecule has 8 heteroatoms. The van der Waals surface area contributed by atoms with Crippen LogP contribution in [0.25, 0.3) is 0 Å². The van der Waals surface area contributed by atoms with Crippen molar-refractivity contribution in [3.8, 4) is 0 Å². The maximum absolute atomic E-state index is 11.9. The third-order valence-corrected chi connectivity index (χ3v) is 4.27. The summed E-state index contributed by atoms with van der Waals surface area (Å²) in [7, 11) is -3.62. The van der Waals surface area contributed by atoms with Gasteiger partial charge in [-0.15, -0.1) is 6.58 Å². The first-order valence-electron chi connectivity index (χ1n) is 7.16. The summed E-state index contributed by atoms with van der Waals surface area (Å²) in [5.41, 5.74) is 0.274. The highest BCUT2D eigenvalue weighted by molar-refractivity contribution is 7.89. The Balaban J connectivity index is 2.64. The molecule has 0 aromatic heterocycles. The highest BCUT2D eigenvalue weighted by atomic mass is 32.2. The van der Waals surface area contributed by atoms with E-state index in [4.69, 9.17) is 0 Å². The summed E-state index contributed by atoms with van der Waals surface area (Å²) in [6, 6.07) is 5.44. The zero-order valence-corrected chi connectivity index (χ0v) is 13.8. The second-order valence-corrected chi connectivity index (χ2v) is 6.46. The van der Waals surface area contributed by atoms with Crippen molar-refractivity contribution >= 4 is 21.8 Å². The summed E-state index contributed by atoms with van der Waals surface area (Å²) in [6.07, 6.45) is 2.25. The van der Waals surface area contributed by atoms with Crippen LogP contribution in [0.15, 0.2) is 41.8 Å². The molecule has 0 atom stereocenters. The summed E-state index contributed by atoms with van der Waals surface area (Å²) >= 11 is 0. The maximum atomic E-state index is 11.9. The molecule has 0 fully saturated rings. The molecular formula is C15H21N3O4S. The molecule has 0 aliphatic carbocycles. The van der Waals surface area contributed by atoms with Gasteiger partial charge in [0.2, 0.25) is 15.9 Å². The Bertz CT molecular complexity index is 654. The Morgan fingerprint density at radius 2 is 1.83 bits per heavy atom. The fraction of sp³-hybridized carbons (Fsp3) is 0.333. The lowest BCUT2D eigenvalue weighted by atomic mass is 10.2. The van der Waals surface area contributed by atoms with E-state index >= 15 is 0 Å². The lowest BCUT2D eigenvalue weighted by Gasteiger charge is -2.07. The third kappa shape index (κ3) is 6.21. The molecule has 0 saturated heterocycles. The van der Waals surface area contributed by atoms with Gasteiger partial charge in [0, 0.05) is 18.7 Å². The number of rotatable bonds is 9. The van der Waals surface area contributed by atoms with Gasteiger partial charge >= 0.3 is 0 Å². The number of hydrogen-bond acceptors (Lipinski definition) is 4. The van der Waals surface area contributed by atoms with Gasteiger partial charge in [0.05, 0.1) is 11.4 Å². The van der Waals surface area contributed by atoms with Gasteiger partial charge in [-0.05, 0) is 30.7 Å². The van der Waals surface area contributed by atoms with Crippen molar-refractivity contribution in [2.75, 3.05) is 19.6 Å². The van der Waals surface area contributed by atoms with Crippen LogP contribution in [-0.4, -0.2) is 39.9 Å². The molecule has 0 bridgehead atoms. The fourth-order valence-electron chi connectivity index (χ4n) is 1.63. The van der Waals surface area contributed by atoms with E-state index in [0.717, 1.165) is 6.42 Å². The summed E-state index contributed by atoms with van der Waals surface area (Å²) in [6.45, 7) is 5.92. The van der Waals surface area contributed by atoms with Crippen LogP contribution in [0.1, 0.15) is 23.7 Å². The Kier molecular flexibility index (Phi) is 7.43. The number of nitrogens with one attached hydrogen (secondary N) is 3. The molecule has 2 amide bonds. The number of carbonyl (C=O) groups excluding carboxylic acids is 2. The summed E-state index contributed by atoms with van der Waals surface area (Å²) < 4.78 is 26.1. The van der Waals surface area contributed by atoms with E-state index < -0.39 is 15.9 Å². The first-order chi connectivity index (χ1) is 10.9. The first-order valence-corrected chi connectivity index (χ1v) is 8.64. The van der Waals surface area contributed by atoms with Gasteiger partial charge in [-0.2, -0.15) is 0 Å². The minimum atomic E-state index is -3.62. The lowest BCUT2D eigenvalue weighted by molar-refractivity contribution is -0.120. The minimum Gasteiger partial charge on any atom is -0.355 e. The molecular weight excluding hydrogens is 318 g/mol. The van der Waals surface area contributed by atoms with E-state index in [1.807, 2.05) is 6.92 Å². The number of amides is 2. The van der Waals surface area contributed by atoms with Crippen LogP contribution in [0.5, 0.6) is 0 Å². The van der Waals surface area contributed by atoms with Crippen LogP contribution < -0.4 is 15.4 Å². The number of hydrogen-bond donors (Lipinski definition) is 3. The van der Waals surface area contributed by atoms with E-state index in [-0.39, 0.29) is 29.5 Å². The molecule has 1 aromatic carbocycles. The van der Waals surface area contributed by atoms with Gasteiger partial charge in [0.25, 0.3) is 5.91 Å². The Morgan fingerprint density at radius 1 is 1.17 bits per heavy atom. The molecule has 0 saturated carbocycles. The summed E-state index contributed by atoms with van der Waals surface area (Å²) in [4.78, 5) is 23.3. The molecule has 23 heavy (non-hydrogen) atoms. The predicted octanol–water partition coefficient (Wildman–Crippen LogP) is 0.407. The molecule has 7 nitrogen and oxygen atoms in total. The van der Waals surface area contributed by atoms with Crippen molar-refractivity contribution in [1.29, 1.82) is 0 Å². The van der Waals surface area contributed by atoms with Gasteiger partial charge in [0.15, 0.2) is 0 Å². The van der Waals surface area contributed by atoms with Crippen molar-refractivity contribution in [3.63, 3.8) is 0 Å². The van der Waals surface area contributed by atoms with Crippen LogP contribution in [0.3, 0.4) is 0 Å². The van der Waals surface area contributed by atoms with Crippen LogP contribution in [-0.2, 0) is 14.8 Å². The van der Waals surface area contributed by atoms with Crippen LogP contribution in [0.4, 0.5) is 0 Å². The fourth-order valence-corrected chi connectivity index (χ4v) is 2.63. The molecule has 0 aliphatic rings. The minimum absolute atomic E-state index is 0.0524. The molecule has 0 heterocycles. The van der Waals surface area contributed by atoms with Crippen LogP contribution in [0, 0.1) is 0 Å². The Hall–Kier alpha value is -2.19. The standard InChI is InChI=1S/C15H21N3O4S/c1-3-9-16-14(19)11-17-15(20)12-5-7-13(8-6-12)23(21,22)18-10-4-2/h4-8,18H,2-3,9-11H2,1H3,(H,16,19)(H,17,20). The van der Waals surface area contributed by atoms with Gasteiger partial charge < -0.3 is 10.6 Å². The SMILES string of the molecule is C=CCNS(=O)(=O)c1ccc(C(=O)NCC(=O)NCCC)cc1. The van der Waals surface area contributed by atoms with Crippen molar-refractivity contribution in [3.05, 3.63) is 42.5 Å². The topological polar surface area (TPSA) is 104 Å². The average Bonchev–Trinajstić information content (AvgIpc) is 2.56. The molecule has 1 rings (SSSR count). The van der Waals surface area contributed by atoms with E-state index in [2.05, 4.69) is 21.9 Å². The quantitative estimate of drug-likeness (QED) is 0.567.